The van der Waals surface area contributed by atoms with E-state index >= 15 is 0 Å². The van der Waals surface area contributed by atoms with E-state index < -0.39 is 24.4 Å². The van der Waals surface area contributed by atoms with Crippen LogP contribution in [0, 0.1) is 5.92 Å². The monoisotopic (exact) mass is 372 g/mol. The van der Waals surface area contributed by atoms with Gasteiger partial charge < -0.3 is 15.0 Å². The van der Waals surface area contributed by atoms with E-state index in [1.807, 2.05) is 6.07 Å². The number of nitrogens with one attached hydrogen (secondary N) is 1. The van der Waals surface area contributed by atoms with Crippen LogP contribution in [0.15, 0.2) is 54.6 Å². The Morgan fingerprint density at radius 1 is 1.12 bits per heavy atom. The zero-order valence-electron chi connectivity index (χ0n) is 13.9. The number of anilines is 2. The standard InChI is InChI=1S/C19H17ClN2O4/c20-15-8-4-5-9-16(15)22-11-13(10-18(22)24)19(25)26-12-17(23)21-14-6-2-1-3-7-14/h1-9,13H,10-12H2,(H,21,23)/t13-/m0/s1. The number of benzene rings is 2. The Labute approximate surface area is 155 Å². The van der Waals surface area contributed by atoms with E-state index in [1.165, 1.54) is 4.90 Å². The Balaban J connectivity index is 1.53. The summed E-state index contributed by atoms with van der Waals surface area (Å²) in [4.78, 5) is 37.7. The van der Waals surface area contributed by atoms with Gasteiger partial charge in [-0.15, -0.1) is 0 Å². The summed E-state index contributed by atoms with van der Waals surface area (Å²) in [5.41, 5.74) is 1.19. The molecule has 0 unspecified atom stereocenters. The quantitative estimate of drug-likeness (QED) is 0.819. The minimum absolute atomic E-state index is 0.0321. The van der Waals surface area contributed by atoms with Crippen molar-refractivity contribution in [2.75, 3.05) is 23.4 Å². The van der Waals surface area contributed by atoms with Crippen molar-refractivity contribution in [3.05, 3.63) is 59.6 Å². The molecule has 1 heterocycles. The number of halogens is 1. The minimum atomic E-state index is -0.622. The molecule has 0 aliphatic carbocycles. The van der Waals surface area contributed by atoms with Crippen molar-refractivity contribution in [2.45, 2.75) is 6.42 Å². The Morgan fingerprint density at radius 2 is 1.81 bits per heavy atom. The van der Waals surface area contributed by atoms with Crippen LogP contribution in [-0.4, -0.2) is 30.9 Å². The van der Waals surface area contributed by atoms with Crippen molar-refractivity contribution in [1.82, 2.24) is 0 Å². The Kier molecular flexibility index (Phi) is 5.53. The summed E-state index contributed by atoms with van der Waals surface area (Å²) in [6.07, 6.45) is 0.0321. The molecule has 1 aliphatic heterocycles. The predicted octanol–water partition coefficient (Wildman–Crippen LogP) is 2.87. The summed E-state index contributed by atoms with van der Waals surface area (Å²) in [7, 11) is 0. The van der Waals surface area contributed by atoms with Crippen LogP contribution >= 0.6 is 11.6 Å². The number of hydrogen-bond acceptors (Lipinski definition) is 4. The fourth-order valence-corrected chi connectivity index (χ4v) is 2.98. The third kappa shape index (κ3) is 4.21. The van der Waals surface area contributed by atoms with Crippen LogP contribution in [0.1, 0.15) is 6.42 Å². The molecule has 7 heteroatoms. The van der Waals surface area contributed by atoms with Crippen LogP contribution in [0.25, 0.3) is 0 Å². The van der Waals surface area contributed by atoms with Crippen molar-refractivity contribution in [3.63, 3.8) is 0 Å². The normalized spacial score (nSPS) is 16.4. The number of nitrogens with zero attached hydrogens (tertiary/aromatic N) is 1. The van der Waals surface area contributed by atoms with Gasteiger partial charge in [0.1, 0.15) is 0 Å². The van der Waals surface area contributed by atoms with E-state index in [9.17, 15) is 14.4 Å². The molecule has 134 valence electrons. The maximum Gasteiger partial charge on any atom is 0.311 e. The molecule has 3 rings (SSSR count). The molecule has 2 aromatic rings. The molecular weight excluding hydrogens is 356 g/mol. The summed E-state index contributed by atoms with van der Waals surface area (Å²) in [6.45, 7) is -0.216. The summed E-state index contributed by atoms with van der Waals surface area (Å²) in [5, 5.41) is 3.07. The maximum atomic E-state index is 12.2. The number of ether oxygens (including phenoxy) is 1. The van der Waals surface area contributed by atoms with Gasteiger partial charge in [0.15, 0.2) is 6.61 Å². The second-order valence-corrected chi connectivity index (χ2v) is 6.29. The van der Waals surface area contributed by atoms with Crippen molar-refractivity contribution in [1.29, 1.82) is 0 Å². The smallest absolute Gasteiger partial charge is 0.311 e. The molecule has 26 heavy (non-hydrogen) atoms. The van der Waals surface area contributed by atoms with Crippen LogP contribution in [0.3, 0.4) is 0 Å². The number of para-hydroxylation sites is 2. The van der Waals surface area contributed by atoms with Crippen LogP contribution in [0.5, 0.6) is 0 Å². The van der Waals surface area contributed by atoms with Crippen molar-refractivity contribution < 1.29 is 19.1 Å². The topological polar surface area (TPSA) is 75.7 Å². The molecule has 6 nitrogen and oxygen atoms in total. The lowest BCUT2D eigenvalue weighted by Crippen LogP contribution is -2.28. The zero-order valence-corrected chi connectivity index (χ0v) is 14.6. The molecule has 1 atom stereocenters. The molecule has 2 aromatic carbocycles. The lowest BCUT2D eigenvalue weighted by molar-refractivity contribution is -0.151. The van der Waals surface area contributed by atoms with Gasteiger partial charge in [0.05, 0.1) is 16.6 Å². The van der Waals surface area contributed by atoms with Gasteiger partial charge in [-0.25, -0.2) is 0 Å². The SMILES string of the molecule is O=C(COC(=O)[C@H]1CC(=O)N(c2ccccc2Cl)C1)Nc1ccccc1. The van der Waals surface area contributed by atoms with E-state index in [0.29, 0.717) is 16.4 Å². The first-order valence-corrected chi connectivity index (χ1v) is 8.49. The minimum Gasteiger partial charge on any atom is -0.455 e. The first-order chi connectivity index (χ1) is 12.5. The molecule has 0 saturated carbocycles. The largest absolute Gasteiger partial charge is 0.455 e. The average molecular weight is 373 g/mol. The highest BCUT2D eigenvalue weighted by molar-refractivity contribution is 6.33. The number of amides is 2. The third-order valence-corrected chi connectivity index (χ3v) is 4.32. The van der Waals surface area contributed by atoms with Crippen LogP contribution in [0.4, 0.5) is 11.4 Å². The second-order valence-electron chi connectivity index (χ2n) is 5.88. The fourth-order valence-electron chi connectivity index (χ4n) is 2.74. The molecule has 2 amide bonds. The first kappa shape index (κ1) is 17.9. The van der Waals surface area contributed by atoms with Gasteiger partial charge in [0.2, 0.25) is 5.91 Å². The van der Waals surface area contributed by atoms with E-state index in [4.69, 9.17) is 16.3 Å². The summed E-state index contributed by atoms with van der Waals surface area (Å²) in [5.74, 6) is -1.83. The number of esters is 1. The Morgan fingerprint density at radius 3 is 2.54 bits per heavy atom. The Bertz CT molecular complexity index is 825. The molecule has 0 bridgehead atoms. The molecule has 1 saturated heterocycles. The number of carbonyl (C=O) groups excluding carboxylic acids is 3. The fraction of sp³-hybridized carbons (Fsp3) is 0.211. The highest BCUT2D eigenvalue weighted by Gasteiger charge is 2.37. The van der Waals surface area contributed by atoms with Gasteiger partial charge in [-0.1, -0.05) is 41.9 Å². The number of rotatable bonds is 5. The number of hydrogen-bond donors (Lipinski definition) is 1. The van der Waals surface area contributed by atoms with E-state index in [-0.39, 0.29) is 18.9 Å². The summed E-state index contributed by atoms with van der Waals surface area (Å²) in [6, 6.07) is 15.8. The van der Waals surface area contributed by atoms with E-state index in [2.05, 4.69) is 5.32 Å². The second kappa shape index (κ2) is 8.01. The summed E-state index contributed by atoms with van der Waals surface area (Å²) >= 11 is 6.11. The van der Waals surface area contributed by atoms with Crippen molar-refractivity contribution >= 4 is 40.8 Å². The molecule has 1 fully saturated rings. The van der Waals surface area contributed by atoms with Gasteiger partial charge in [0.25, 0.3) is 5.91 Å². The molecule has 0 aromatic heterocycles. The molecule has 0 radical (unpaired) electrons. The zero-order chi connectivity index (χ0) is 18.5. The van der Waals surface area contributed by atoms with Gasteiger partial charge in [0, 0.05) is 18.7 Å². The van der Waals surface area contributed by atoms with Crippen LogP contribution in [-0.2, 0) is 19.1 Å². The predicted molar refractivity (Wildman–Crippen MR) is 97.9 cm³/mol. The van der Waals surface area contributed by atoms with Crippen molar-refractivity contribution in [3.8, 4) is 0 Å². The average Bonchev–Trinajstić information content (AvgIpc) is 3.02. The van der Waals surface area contributed by atoms with Crippen LogP contribution < -0.4 is 10.2 Å². The van der Waals surface area contributed by atoms with Gasteiger partial charge in [-0.2, -0.15) is 0 Å². The highest BCUT2D eigenvalue weighted by Crippen LogP contribution is 2.31. The molecule has 1 aliphatic rings. The van der Waals surface area contributed by atoms with Crippen LogP contribution in [0.2, 0.25) is 5.02 Å². The van der Waals surface area contributed by atoms with E-state index in [0.717, 1.165) is 0 Å². The number of carbonyl (C=O) groups is 3. The highest BCUT2D eigenvalue weighted by atomic mass is 35.5. The lowest BCUT2D eigenvalue weighted by Gasteiger charge is -2.17. The first-order valence-electron chi connectivity index (χ1n) is 8.11. The maximum absolute atomic E-state index is 12.2. The molecular formula is C19H17ClN2O4. The molecule has 1 N–H and O–H groups in total. The Hall–Kier alpha value is -2.86. The summed E-state index contributed by atoms with van der Waals surface area (Å²) < 4.78 is 5.06. The lowest BCUT2D eigenvalue weighted by atomic mass is 10.1. The van der Waals surface area contributed by atoms with Gasteiger partial charge in [-0.3, -0.25) is 14.4 Å². The van der Waals surface area contributed by atoms with Gasteiger partial charge in [-0.05, 0) is 24.3 Å². The third-order valence-electron chi connectivity index (χ3n) is 4.00. The van der Waals surface area contributed by atoms with E-state index in [1.54, 1.807) is 48.5 Å². The van der Waals surface area contributed by atoms with Crippen molar-refractivity contribution in [2.24, 2.45) is 5.92 Å². The molecule has 0 spiro atoms. The van der Waals surface area contributed by atoms with Gasteiger partial charge >= 0.3 is 5.97 Å².